The number of hydrogen-bond donors (Lipinski definition) is 1. The maximum atomic E-state index is 5.70. The minimum absolute atomic E-state index is 0.497. The van der Waals surface area contributed by atoms with E-state index in [9.17, 15) is 0 Å². The summed E-state index contributed by atoms with van der Waals surface area (Å²) in [5.74, 6) is 1.65. The predicted octanol–water partition coefficient (Wildman–Crippen LogP) is 3.23. The van der Waals surface area contributed by atoms with E-state index < -0.39 is 0 Å². The Morgan fingerprint density at radius 2 is 1.95 bits per heavy atom. The van der Waals surface area contributed by atoms with E-state index in [1.54, 1.807) is 18.4 Å². The van der Waals surface area contributed by atoms with E-state index in [2.05, 4.69) is 17.2 Å². The van der Waals surface area contributed by atoms with Crippen LogP contribution >= 0.6 is 11.3 Å². The minimum atomic E-state index is 0.497. The van der Waals surface area contributed by atoms with Crippen molar-refractivity contribution in [2.24, 2.45) is 0 Å². The zero-order valence-corrected chi connectivity index (χ0v) is 12.7. The van der Waals surface area contributed by atoms with Gasteiger partial charge in [0.15, 0.2) is 0 Å². The Kier molecular flexibility index (Phi) is 5.83. The molecule has 108 valence electrons. The zero-order chi connectivity index (χ0) is 14.2. The summed E-state index contributed by atoms with van der Waals surface area (Å²) in [5, 5.41) is 6.50. The molecule has 0 aliphatic rings. The molecule has 2 aromatic rings. The van der Waals surface area contributed by atoms with Crippen LogP contribution in [0.2, 0.25) is 0 Å². The smallest absolute Gasteiger partial charge is 0.131 e. The highest BCUT2D eigenvalue weighted by atomic mass is 32.1. The lowest BCUT2D eigenvalue weighted by molar-refractivity contribution is 0.301. The highest BCUT2D eigenvalue weighted by Crippen LogP contribution is 2.18. The van der Waals surface area contributed by atoms with Crippen LogP contribution < -0.4 is 14.8 Å². The highest BCUT2D eigenvalue weighted by Gasteiger charge is 2.03. The summed E-state index contributed by atoms with van der Waals surface area (Å²) in [6.07, 6.45) is 1.14. The van der Waals surface area contributed by atoms with Gasteiger partial charge >= 0.3 is 0 Å². The Balaban J connectivity index is 1.81. The molecular formula is C15H20N2O2S. The lowest BCUT2D eigenvalue weighted by Gasteiger charge is -2.05. The average Bonchev–Trinajstić information content (AvgIpc) is 2.94. The summed E-state index contributed by atoms with van der Waals surface area (Å²) in [6.45, 7) is 4.51. The van der Waals surface area contributed by atoms with Crippen LogP contribution in [0.15, 0.2) is 29.6 Å². The Hall–Kier alpha value is -1.59. The van der Waals surface area contributed by atoms with E-state index in [0.29, 0.717) is 6.61 Å². The molecule has 1 N–H and O–H groups in total. The first kappa shape index (κ1) is 14.8. The summed E-state index contributed by atoms with van der Waals surface area (Å²) >= 11 is 1.67. The number of aromatic nitrogens is 1. The quantitative estimate of drug-likeness (QED) is 0.759. The average molecular weight is 292 g/mol. The van der Waals surface area contributed by atoms with Crippen LogP contribution in [0.3, 0.4) is 0 Å². The molecule has 0 aliphatic carbocycles. The molecule has 0 atom stereocenters. The summed E-state index contributed by atoms with van der Waals surface area (Å²) in [7, 11) is 1.65. The second kappa shape index (κ2) is 7.87. The second-order valence-electron chi connectivity index (χ2n) is 4.37. The van der Waals surface area contributed by atoms with Gasteiger partial charge in [-0.2, -0.15) is 0 Å². The number of thiazole rings is 1. The van der Waals surface area contributed by atoms with Crippen LogP contribution in [0.5, 0.6) is 11.5 Å². The summed E-state index contributed by atoms with van der Waals surface area (Å²) in [5.41, 5.74) is 0.971. The largest absolute Gasteiger partial charge is 0.497 e. The number of benzene rings is 1. The molecule has 0 saturated heterocycles. The summed E-state index contributed by atoms with van der Waals surface area (Å²) in [4.78, 5) is 4.54. The van der Waals surface area contributed by atoms with Crippen LogP contribution in [0.1, 0.15) is 24.0 Å². The molecule has 0 unspecified atom stereocenters. The predicted molar refractivity (Wildman–Crippen MR) is 81.4 cm³/mol. The standard InChI is InChI=1S/C15H20N2O2S/c1-3-8-16-9-15-17-12(11-20-15)10-19-14-6-4-13(18-2)5-7-14/h4-7,11,16H,3,8-10H2,1-2H3. The van der Waals surface area contributed by atoms with Crippen LogP contribution in [-0.2, 0) is 13.2 Å². The molecule has 2 rings (SSSR count). The molecule has 5 heteroatoms. The van der Waals surface area contributed by atoms with Gasteiger partial charge in [-0.3, -0.25) is 0 Å². The molecule has 0 radical (unpaired) electrons. The number of nitrogens with zero attached hydrogens (tertiary/aromatic N) is 1. The molecule has 0 aliphatic heterocycles. The van der Waals surface area contributed by atoms with E-state index in [0.717, 1.165) is 41.7 Å². The maximum absolute atomic E-state index is 5.70. The van der Waals surface area contributed by atoms with Crippen molar-refractivity contribution >= 4 is 11.3 Å². The van der Waals surface area contributed by atoms with E-state index in [1.165, 1.54) is 0 Å². The van der Waals surface area contributed by atoms with Gasteiger partial charge in [-0.25, -0.2) is 4.98 Å². The molecule has 0 amide bonds. The molecular weight excluding hydrogens is 272 g/mol. The molecule has 20 heavy (non-hydrogen) atoms. The monoisotopic (exact) mass is 292 g/mol. The van der Waals surface area contributed by atoms with Gasteiger partial charge in [-0.05, 0) is 37.2 Å². The molecule has 0 saturated carbocycles. The molecule has 0 fully saturated rings. The zero-order valence-electron chi connectivity index (χ0n) is 11.9. The van der Waals surface area contributed by atoms with Gasteiger partial charge in [0.2, 0.25) is 0 Å². The third-order valence-corrected chi connectivity index (χ3v) is 3.65. The van der Waals surface area contributed by atoms with Crippen molar-refractivity contribution in [2.45, 2.75) is 26.5 Å². The third kappa shape index (κ3) is 4.51. The first-order chi connectivity index (χ1) is 9.81. The minimum Gasteiger partial charge on any atom is -0.497 e. The Morgan fingerprint density at radius 1 is 1.20 bits per heavy atom. The van der Waals surface area contributed by atoms with E-state index >= 15 is 0 Å². The Labute approximate surface area is 123 Å². The fourth-order valence-corrected chi connectivity index (χ4v) is 2.45. The fraction of sp³-hybridized carbons (Fsp3) is 0.400. The third-order valence-electron chi connectivity index (χ3n) is 2.75. The van der Waals surface area contributed by atoms with Gasteiger partial charge in [0, 0.05) is 11.9 Å². The van der Waals surface area contributed by atoms with Crippen molar-refractivity contribution in [1.82, 2.24) is 10.3 Å². The number of hydrogen-bond acceptors (Lipinski definition) is 5. The van der Waals surface area contributed by atoms with Gasteiger partial charge in [0.05, 0.1) is 12.8 Å². The van der Waals surface area contributed by atoms with Crippen molar-refractivity contribution in [3.05, 3.63) is 40.3 Å². The second-order valence-corrected chi connectivity index (χ2v) is 5.32. The molecule has 4 nitrogen and oxygen atoms in total. The van der Waals surface area contributed by atoms with E-state index in [4.69, 9.17) is 9.47 Å². The topological polar surface area (TPSA) is 43.4 Å². The molecule has 0 spiro atoms. The number of methoxy groups -OCH3 is 1. The van der Waals surface area contributed by atoms with Crippen LogP contribution in [0.4, 0.5) is 0 Å². The molecule has 1 aromatic heterocycles. The molecule has 1 aromatic carbocycles. The van der Waals surface area contributed by atoms with Crippen molar-refractivity contribution < 1.29 is 9.47 Å². The fourth-order valence-electron chi connectivity index (χ4n) is 1.70. The van der Waals surface area contributed by atoms with Crippen molar-refractivity contribution in [1.29, 1.82) is 0 Å². The van der Waals surface area contributed by atoms with Crippen molar-refractivity contribution in [3.8, 4) is 11.5 Å². The molecule has 0 bridgehead atoms. The van der Waals surface area contributed by atoms with Crippen molar-refractivity contribution in [3.63, 3.8) is 0 Å². The van der Waals surface area contributed by atoms with Crippen molar-refractivity contribution in [2.75, 3.05) is 13.7 Å². The molecule has 1 heterocycles. The van der Waals surface area contributed by atoms with Gasteiger partial charge in [-0.15, -0.1) is 11.3 Å². The summed E-state index contributed by atoms with van der Waals surface area (Å²) < 4.78 is 10.8. The summed E-state index contributed by atoms with van der Waals surface area (Å²) in [6, 6.07) is 7.57. The maximum Gasteiger partial charge on any atom is 0.131 e. The number of ether oxygens (including phenoxy) is 2. The first-order valence-corrected chi connectivity index (χ1v) is 7.60. The van der Waals surface area contributed by atoms with Crippen LogP contribution in [0.25, 0.3) is 0 Å². The SMILES string of the molecule is CCCNCc1nc(COc2ccc(OC)cc2)cs1. The van der Waals surface area contributed by atoms with Gasteiger partial charge in [0.25, 0.3) is 0 Å². The van der Waals surface area contributed by atoms with Gasteiger partial charge in [0.1, 0.15) is 23.1 Å². The van der Waals surface area contributed by atoms with E-state index in [1.807, 2.05) is 29.6 Å². The lowest BCUT2D eigenvalue weighted by atomic mass is 10.3. The number of rotatable bonds is 8. The van der Waals surface area contributed by atoms with Crippen LogP contribution in [0, 0.1) is 0 Å². The van der Waals surface area contributed by atoms with Crippen LogP contribution in [-0.4, -0.2) is 18.6 Å². The highest BCUT2D eigenvalue weighted by molar-refractivity contribution is 7.09. The van der Waals surface area contributed by atoms with Gasteiger partial charge < -0.3 is 14.8 Å². The van der Waals surface area contributed by atoms with Gasteiger partial charge in [-0.1, -0.05) is 6.92 Å². The normalized spacial score (nSPS) is 10.5. The first-order valence-electron chi connectivity index (χ1n) is 6.72. The Morgan fingerprint density at radius 3 is 2.65 bits per heavy atom. The lowest BCUT2D eigenvalue weighted by Crippen LogP contribution is -2.13. The Bertz CT molecular complexity index is 511. The number of nitrogens with one attached hydrogen (secondary N) is 1. The van der Waals surface area contributed by atoms with E-state index in [-0.39, 0.29) is 0 Å².